The molecule has 0 aliphatic carbocycles. The third-order valence-electron chi connectivity index (χ3n) is 3.54. The van der Waals surface area contributed by atoms with Crippen molar-refractivity contribution in [3.8, 4) is 0 Å². The van der Waals surface area contributed by atoms with Gasteiger partial charge in [-0.05, 0) is 40.1 Å². The zero-order valence-corrected chi connectivity index (χ0v) is 11.5. The molecular weight excluding hydrogens is 259 g/mol. The first-order chi connectivity index (χ1) is 9.34. The van der Waals surface area contributed by atoms with E-state index >= 15 is 0 Å². The van der Waals surface area contributed by atoms with Crippen LogP contribution in [0.25, 0.3) is 0 Å². The van der Waals surface area contributed by atoms with Gasteiger partial charge in [-0.2, -0.15) is 11.3 Å². The molecule has 1 atom stereocenters. The summed E-state index contributed by atoms with van der Waals surface area (Å²) < 4.78 is 13.5. The lowest BCUT2D eigenvalue weighted by Gasteiger charge is -2.35. The van der Waals surface area contributed by atoms with Gasteiger partial charge in [0.25, 0.3) is 0 Å². The van der Waals surface area contributed by atoms with Crippen molar-refractivity contribution in [2.24, 2.45) is 0 Å². The molecule has 1 fully saturated rings. The van der Waals surface area contributed by atoms with Gasteiger partial charge >= 0.3 is 0 Å². The van der Waals surface area contributed by atoms with E-state index in [2.05, 4.69) is 27.0 Å². The zero-order valence-electron chi connectivity index (χ0n) is 10.7. The minimum absolute atomic E-state index is 0.159. The summed E-state index contributed by atoms with van der Waals surface area (Å²) in [6.07, 6.45) is 0. The number of piperazine rings is 1. The van der Waals surface area contributed by atoms with Crippen LogP contribution in [0.15, 0.2) is 41.1 Å². The Kier molecular flexibility index (Phi) is 3.92. The van der Waals surface area contributed by atoms with Crippen LogP contribution >= 0.6 is 11.3 Å². The second-order valence-electron chi connectivity index (χ2n) is 4.80. The number of rotatable bonds is 3. The van der Waals surface area contributed by atoms with E-state index in [1.165, 1.54) is 11.6 Å². The minimum atomic E-state index is -0.159. The summed E-state index contributed by atoms with van der Waals surface area (Å²) in [7, 11) is 0. The number of thiophene rings is 1. The molecule has 4 heteroatoms. The van der Waals surface area contributed by atoms with Gasteiger partial charge in [0.1, 0.15) is 5.82 Å². The molecule has 100 valence electrons. The lowest BCUT2D eigenvalue weighted by molar-refractivity contribution is 0.198. The molecule has 0 spiro atoms. The molecule has 2 aromatic rings. The number of halogens is 1. The largest absolute Gasteiger partial charge is 0.314 e. The highest BCUT2D eigenvalue weighted by Gasteiger charge is 2.24. The SMILES string of the molecule is Fc1cccc(C(c2ccsc2)N2CCNCC2)c1. The van der Waals surface area contributed by atoms with Crippen LogP contribution in [0.2, 0.25) is 0 Å². The predicted octanol–water partition coefficient (Wildman–Crippen LogP) is 2.88. The fraction of sp³-hybridized carbons (Fsp3) is 0.333. The molecule has 2 heterocycles. The number of benzene rings is 1. The number of hydrogen-bond donors (Lipinski definition) is 1. The summed E-state index contributed by atoms with van der Waals surface area (Å²) in [4.78, 5) is 2.42. The van der Waals surface area contributed by atoms with Crippen molar-refractivity contribution in [1.29, 1.82) is 0 Å². The number of nitrogens with zero attached hydrogens (tertiary/aromatic N) is 1. The fourth-order valence-electron chi connectivity index (χ4n) is 2.66. The Balaban J connectivity index is 1.96. The smallest absolute Gasteiger partial charge is 0.123 e. The second-order valence-corrected chi connectivity index (χ2v) is 5.58. The monoisotopic (exact) mass is 276 g/mol. The van der Waals surface area contributed by atoms with Crippen molar-refractivity contribution in [2.45, 2.75) is 6.04 Å². The average Bonchev–Trinajstić information content (AvgIpc) is 2.94. The van der Waals surface area contributed by atoms with Gasteiger partial charge in [-0.3, -0.25) is 4.90 Å². The molecule has 1 aliphatic heterocycles. The van der Waals surface area contributed by atoms with Gasteiger partial charge in [-0.15, -0.1) is 0 Å². The first kappa shape index (κ1) is 12.8. The molecule has 0 radical (unpaired) electrons. The fourth-order valence-corrected chi connectivity index (χ4v) is 3.34. The maximum absolute atomic E-state index is 13.5. The Labute approximate surface area is 116 Å². The van der Waals surface area contributed by atoms with Crippen molar-refractivity contribution < 1.29 is 4.39 Å². The van der Waals surface area contributed by atoms with Crippen LogP contribution in [-0.2, 0) is 0 Å². The molecule has 1 aromatic heterocycles. The molecule has 1 aliphatic rings. The lowest BCUT2D eigenvalue weighted by atomic mass is 9.99. The van der Waals surface area contributed by atoms with E-state index in [1.807, 2.05) is 6.07 Å². The second kappa shape index (κ2) is 5.82. The van der Waals surface area contributed by atoms with Gasteiger partial charge in [-0.1, -0.05) is 12.1 Å². The van der Waals surface area contributed by atoms with Crippen LogP contribution in [-0.4, -0.2) is 31.1 Å². The molecule has 0 bridgehead atoms. The van der Waals surface area contributed by atoms with Crippen LogP contribution < -0.4 is 5.32 Å². The third kappa shape index (κ3) is 2.86. The van der Waals surface area contributed by atoms with Crippen molar-refractivity contribution in [3.05, 3.63) is 58.0 Å². The van der Waals surface area contributed by atoms with E-state index in [4.69, 9.17) is 0 Å². The molecule has 1 unspecified atom stereocenters. The normalized spacial score (nSPS) is 18.4. The van der Waals surface area contributed by atoms with Crippen LogP contribution in [0.3, 0.4) is 0 Å². The quantitative estimate of drug-likeness (QED) is 0.927. The van der Waals surface area contributed by atoms with E-state index in [0.29, 0.717) is 0 Å². The van der Waals surface area contributed by atoms with Crippen LogP contribution in [0.1, 0.15) is 17.2 Å². The Morgan fingerprint density at radius 3 is 2.68 bits per heavy atom. The lowest BCUT2D eigenvalue weighted by Crippen LogP contribution is -2.45. The molecule has 1 N–H and O–H groups in total. The van der Waals surface area contributed by atoms with Crippen LogP contribution in [0, 0.1) is 5.82 Å². The van der Waals surface area contributed by atoms with Gasteiger partial charge < -0.3 is 5.32 Å². The molecule has 3 rings (SSSR count). The van der Waals surface area contributed by atoms with E-state index in [9.17, 15) is 4.39 Å². The highest BCUT2D eigenvalue weighted by molar-refractivity contribution is 7.08. The Morgan fingerprint density at radius 1 is 1.16 bits per heavy atom. The topological polar surface area (TPSA) is 15.3 Å². The van der Waals surface area contributed by atoms with E-state index in [1.54, 1.807) is 23.5 Å². The first-order valence-electron chi connectivity index (χ1n) is 6.57. The summed E-state index contributed by atoms with van der Waals surface area (Å²) in [5.41, 5.74) is 2.30. The van der Waals surface area contributed by atoms with Crippen molar-refractivity contribution >= 4 is 11.3 Å². The number of nitrogens with one attached hydrogen (secondary N) is 1. The van der Waals surface area contributed by atoms with Gasteiger partial charge in [-0.25, -0.2) is 4.39 Å². The Hall–Kier alpha value is -1.23. The van der Waals surface area contributed by atoms with Gasteiger partial charge in [0, 0.05) is 26.2 Å². The summed E-state index contributed by atoms with van der Waals surface area (Å²) in [5, 5.41) is 7.62. The molecule has 19 heavy (non-hydrogen) atoms. The highest BCUT2D eigenvalue weighted by Crippen LogP contribution is 2.30. The molecule has 1 aromatic carbocycles. The maximum atomic E-state index is 13.5. The Bertz CT molecular complexity index is 521. The number of hydrogen-bond acceptors (Lipinski definition) is 3. The van der Waals surface area contributed by atoms with E-state index in [-0.39, 0.29) is 11.9 Å². The maximum Gasteiger partial charge on any atom is 0.123 e. The zero-order chi connectivity index (χ0) is 13.1. The minimum Gasteiger partial charge on any atom is -0.314 e. The third-order valence-corrected chi connectivity index (χ3v) is 4.24. The van der Waals surface area contributed by atoms with Crippen LogP contribution in [0.5, 0.6) is 0 Å². The summed E-state index contributed by atoms with van der Waals surface area (Å²) in [5.74, 6) is -0.159. The Morgan fingerprint density at radius 2 is 2.00 bits per heavy atom. The standard InChI is InChI=1S/C15H17FN2S/c16-14-3-1-2-12(10-14)15(13-4-9-19-11-13)18-7-5-17-6-8-18/h1-4,9-11,15,17H,5-8H2. The van der Waals surface area contributed by atoms with E-state index in [0.717, 1.165) is 31.7 Å². The van der Waals surface area contributed by atoms with Crippen molar-refractivity contribution in [1.82, 2.24) is 10.2 Å². The van der Waals surface area contributed by atoms with Crippen molar-refractivity contribution in [2.75, 3.05) is 26.2 Å². The summed E-state index contributed by atoms with van der Waals surface area (Å²) >= 11 is 1.69. The molecule has 1 saturated heterocycles. The highest BCUT2D eigenvalue weighted by atomic mass is 32.1. The van der Waals surface area contributed by atoms with Gasteiger partial charge in [0.2, 0.25) is 0 Å². The average molecular weight is 276 g/mol. The van der Waals surface area contributed by atoms with E-state index < -0.39 is 0 Å². The molecule has 0 amide bonds. The summed E-state index contributed by atoms with van der Waals surface area (Å²) in [6.45, 7) is 3.99. The first-order valence-corrected chi connectivity index (χ1v) is 7.51. The van der Waals surface area contributed by atoms with Gasteiger partial charge in [0.15, 0.2) is 0 Å². The van der Waals surface area contributed by atoms with Crippen LogP contribution in [0.4, 0.5) is 4.39 Å². The van der Waals surface area contributed by atoms with Gasteiger partial charge in [0.05, 0.1) is 6.04 Å². The van der Waals surface area contributed by atoms with Crippen molar-refractivity contribution in [3.63, 3.8) is 0 Å². The molecule has 0 saturated carbocycles. The summed E-state index contributed by atoms with van der Waals surface area (Å²) in [6, 6.07) is 9.29. The predicted molar refractivity (Wildman–Crippen MR) is 77.0 cm³/mol. The molecular formula is C15H17FN2S. The molecule has 2 nitrogen and oxygen atoms in total.